The lowest BCUT2D eigenvalue weighted by Gasteiger charge is -2.16. The smallest absolute Gasteiger partial charge is 0.183 e. The van der Waals surface area contributed by atoms with Gasteiger partial charge in [-0.2, -0.15) is 0 Å². The molecule has 1 aliphatic carbocycles. The van der Waals surface area contributed by atoms with Crippen LogP contribution in [0.25, 0.3) is 11.4 Å². The van der Waals surface area contributed by atoms with Crippen molar-refractivity contribution in [3.8, 4) is 11.4 Å². The quantitative estimate of drug-likeness (QED) is 0.672. The van der Waals surface area contributed by atoms with E-state index in [4.69, 9.17) is 5.73 Å². The summed E-state index contributed by atoms with van der Waals surface area (Å²) >= 11 is 3.56. The van der Waals surface area contributed by atoms with Crippen LogP contribution in [-0.4, -0.2) is 20.2 Å². The molecular weight excluding hydrogens is 318 g/mol. The fourth-order valence-electron chi connectivity index (χ4n) is 2.83. The van der Waals surface area contributed by atoms with Gasteiger partial charge in [-0.15, -0.1) is 5.10 Å². The zero-order valence-corrected chi connectivity index (χ0v) is 12.9. The Bertz CT molecular complexity index is 587. The summed E-state index contributed by atoms with van der Waals surface area (Å²) in [4.78, 5) is 0. The van der Waals surface area contributed by atoms with Gasteiger partial charge >= 0.3 is 0 Å². The monoisotopic (exact) mass is 335 g/mol. The standard InChI is InChI=1S/C14H18BrN5/c15-13-8-7-10(16)9-12(13)14-17-18-19-20(14)11-5-3-1-2-4-6-11/h7-9,11H,1-6,16H2. The van der Waals surface area contributed by atoms with Crippen molar-refractivity contribution in [2.45, 2.75) is 44.6 Å². The number of rotatable bonds is 2. The average Bonchev–Trinajstić information content (AvgIpc) is 2.76. The number of nitrogen functional groups attached to an aromatic ring is 1. The van der Waals surface area contributed by atoms with E-state index in [-0.39, 0.29) is 0 Å². The van der Waals surface area contributed by atoms with Crippen molar-refractivity contribution in [3.63, 3.8) is 0 Å². The largest absolute Gasteiger partial charge is 0.399 e. The van der Waals surface area contributed by atoms with E-state index in [1.807, 2.05) is 22.9 Å². The lowest BCUT2D eigenvalue weighted by molar-refractivity contribution is 0.400. The van der Waals surface area contributed by atoms with E-state index < -0.39 is 0 Å². The van der Waals surface area contributed by atoms with Gasteiger partial charge in [0.25, 0.3) is 0 Å². The molecule has 1 saturated carbocycles. The molecule has 0 unspecified atom stereocenters. The third-order valence-corrected chi connectivity index (χ3v) is 4.59. The van der Waals surface area contributed by atoms with Gasteiger partial charge in [-0.25, -0.2) is 4.68 Å². The average molecular weight is 336 g/mol. The molecule has 6 heteroatoms. The highest BCUT2D eigenvalue weighted by atomic mass is 79.9. The predicted molar refractivity (Wildman–Crippen MR) is 82.1 cm³/mol. The van der Waals surface area contributed by atoms with Crippen LogP contribution in [0.5, 0.6) is 0 Å². The molecule has 1 aromatic heterocycles. The maximum absolute atomic E-state index is 5.89. The second-order valence-electron chi connectivity index (χ2n) is 5.33. The Hall–Kier alpha value is -1.43. The summed E-state index contributed by atoms with van der Waals surface area (Å²) in [5.41, 5.74) is 7.57. The number of hydrogen-bond donors (Lipinski definition) is 1. The molecule has 0 atom stereocenters. The summed E-state index contributed by atoms with van der Waals surface area (Å²) in [6.07, 6.45) is 7.44. The first-order valence-corrected chi connectivity index (χ1v) is 7.88. The number of tetrazole rings is 1. The Morgan fingerprint density at radius 3 is 2.65 bits per heavy atom. The molecule has 1 fully saturated rings. The third-order valence-electron chi connectivity index (χ3n) is 3.89. The molecule has 2 N–H and O–H groups in total. The molecular formula is C14H18BrN5. The molecule has 1 aromatic carbocycles. The van der Waals surface area contributed by atoms with E-state index in [2.05, 4.69) is 31.5 Å². The van der Waals surface area contributed by atoms with Crippen LogP contribution in [0.3, 0.4) is 0 Å². The number of benzene rings is 1. The Balaban J connectivity index is 1.98. The molecule has 5 nitrogen and oxygen atoms in total. The summed E-state index contributed by atoms with van der Waals surface area (Å²) in [6.45, 7) is 0. The van der Waals surface area contributed by atoms with Crippen LogP contribution in [0.15, 0.2) is 22.7 Å². The molecule has 0 radical (unpaired) electrons. The molecule has 106 valence electrons. The van der Waals surface area contributed by atoms with Gasteiger partial charge in [-0.05, 0) is 41.5 Å². The summed E-state index contributed by atoms with van der Waals surface area (Å²) in [5, 5.41) is 12.3. The van der Waals surface area contributed by atoms with Crippen LogP contribution in [0.1, 0.15) is 44.6 Å². The van der Waals surface area contributed by atoms with Gasteiger partial charge in [0.15, 0.2) is 5.82 Å². The molecule has 0 saturated heterocycles. The minimum atomic E-state index is 0.399. The third kappa shape index (κ3) is 2.70. The van der Waals surface area contributed by atoms with Crippen LogP contribution in [0, 0.1) is 0 Å². The maximum Gasteiger partial charge on any atom is 0.183 e. The minimum Gasteiger partial charge on any atom is -0.399 e. The molecule has 3 rings (SSSR count). The Morgan fingerprint density at radius 1 is 1.15 bits per heavy atom. The highest BCUT2D eigenvalue weighted by Crippen LogP contribution is 2.33. The van der Waals surface area contributed by atoms with Crippen LogP contribution in [0.2, 0.25) is 0 Å². The molecule has 1 aliphatic rings. The van der Waals surface area contributed by atoms with Crippen molar-refractivity contribution in [2.75, 3.05) is 5.73 Å². The Labute approximate surface area is 126 Å². The van der Waals surface area contributed by atoms with E-state index in [9.17, 15) is 0 Å². The number of nitrogens with two attached hydrogens (primary N) is 1. The number of halogens is 1. The number of hydrogen-bond acceptors (Lipinski definition) is 4. The lowest BCUT2D eigenvalue weighted by atomic mass is 10.1. The topological polar surface area (TPSA) is 69.6 Å². The van der Waals surface area contributed by atoms with Gasteiger partial charge < -0.3 is 5.73 Å². The highest BCUT2D eigenvalue weighted by molar-refractivity contribution is 9.10. The number of nitrogens with zero attached hydrogens (tertiary/aromatic N) is 4. The molecule has 2 aromatic rings. The van der Waals surface area contributed by atoms with E-state index in [1.165, 1.54) is 25.7 Å². The van der Waals surface area contributed by atoms with Gasteiger partial charge in [0.1, 0.15) is 0 Å². The Kier molecular flexibility index (Phi) is 4.00. The Morgan fingerprint density at radius 2 is 1.90 bits per heavy atom. The summed E-state index contributed by atoms with van der Waals surface area (Å²) in [5.74, 6) is 0.802. The van der Waals surface area contributed by atoms with Crippen molar-refractivity contribution < 1.29 is 0 Å². The molecule has 1 heterocycles. The zero-order valence-electron chi connectivity index (χ0n) is 11.3. The van der Waals surface area contributed by atoms with Crippen LogP contribution < -0.4 is 5.73 Å². The van der Waals surface area contributed by atoms with Gasteiger partial charge in [0.05, 0.1) is 6.04 Å². The highest BCUT2D eigenvalue weighted by Gasteiger charge is 2.21. The fourth-order valence-corrected chi connectivity index (χ4v) is 3.26. The summed E-state index contributed by atoms with van der Waals surface area (Å²) < 4.78 is 2.95. The van der Waals surface area contributed by atoms with Crippen molar-refractivity contribution in [2.24, 2.45) is 0 Å². The second kappa shape index (κ2) is 5.91. The van der Waals surface area contributed by atoms with Crippen molar-refractivity contribution in [1.82, 2.24) is 20.2 Å². The molecule has 0 spiro atoms. The van der Waals surface area contributed by atoms with Crippen LogP contribution in [0.4, 0.5) is 5.69 Å². The van der Waals surface area contributed by atoms with E-state index in [1.54, 1.807) is 0 Å². The predicted octanol–water partition coefficient (Wildman–Crippen LogP) is 3.58. The van der Waals surface area contributed by atoms with E-state index >= 15 is 0 Å². The minimum absolute atomic E-state index is 0.399. The molecule has 20 heavy (non-hydrogen) atoms. The maximum atomic E-state index is 5.89. The number of aromatic nitrogens is 4. The molecule has 0 aliphatic heterocycles. The van der Waals surface area contributed by atoms with Crippen molar-refractivity contribution in [1.29, 1.82) is 0 Å². The first-order valence-electron chi connectivity index (χ1n) is 7.09. The van der Waals surface area contributed by atoms with Crippen LogP contribution in [-0.2, 0) is 0 Å². The first kappa shape index (κ1) is 13.5. The van der Waals surface area contributed by atoms with Crippen LogP contribution >= 0.6 is 15.9 Å². The fraction of sp³-hybridized carbons (Fsp3) is 0.500. The lowest BCUT2D eigenvalue weighted by Crippen LogP contribution is -2.12. The molecule has 0 amide bonds. The van der Waals surface area contributed by atoms with Gasteiger partial charge in [0, 0.05) is 15.7 Å². The zero-order chi connectivity index (χ0) is 13.9. The van der Waals surface area contributed by atoms with Gasteiger partial charge in [-0.3, -0.25) is 0 Å². The van der Waals surface area contributed by atoms with Gasteiger partial charge in [-0.1, -0.05) is 41.6 Å². The number of anilines is 1. The SMILES string of the molecule is Nc1ccc(Br)c(-c2nnnn2C2CCCCCC2)c1. The normalized spacial score (nSPS) is 17.1. The second-order valence-corrected chi connectivity index (χ2v) is 6.19. The first-order chi connectivity index (χ1) is 9.75. The van der Waals surface area contributed by atoms with Crippen molar-refractivity contribution in [3.05, 3.63) is 22.7 Å². The van der Waals surface area contributed by atoms with Gasteiger partial charge in [0.2, 0.25) is 0 Å². The molecule has 0 bridgehead atoms. The summed E-state index contributed by atoms with van der Waals surface area (Å²) in [6, 6.07) is 6.13. The van der Waals surface area contributed by atoms with E-state index in [0.717, 1.165) is 34.4 Å². The van der Waals surface area contributed by atoms with E-state index in [0.29, 0.717) is 6.04 Å². The van der Waals surface area contributed by atoms with Crippen molar-refractivity contribution >= 4 is 21.6 Å². The summed E-state index contributed by atoms with van der Waals surface area (Å²) in [7, 11) is 0.